The van der Waals surface area contributed by atoms with E-state index in [9.17, 15) is 9.59 Å². The molecule has 1 aliphatic carbocycles. The second-order valence-electron chi connectivity index (χ2n) is 6.26. The van der Waals surface area contributed by atoms with Crippen molar-refractivity contribution in [1.29, 1.82) is 0 Å². The maximum Gasteiger partial charge on any atom is 0.335 e. The van der Waals surface area contributed by atoms with Crippen molar-refractivity contribution in [2.75, 3.05) is 7.05 Å². The van der Waals surface area contributed by atoms with E-state index in [4.69, 9.17) is 5.11 Å². The van der Waals surface area contributed by atoms with Gasteiger partial charge in [-0.1, -0.05) is 25.0 Å². The minimum atomic E-state index is -0.952. The van der Waals surface area contributed by atoms with Crippen molar-refractivity contribution in [3.63, 3.8) is 0 Å². The lowest BCUT2D eigenvalue weighted by Crippen LogP contribution is -2.29. The number of aromatic nitrogens is 2. The third kappa shape index (κ3) is 3.32. The van der Waals surface area contributed by atoms with Crippen molar-refractivity contribution in [2.45, 2.75) is 38.3 Å². The van der Waals surface area contributed by atoms with Gasteiger partial charge in [0.2, 0.25) is 0 Å². The number of nitrogens with zero attached hydrogens (tertiary/aromatic N) is 3. The van der Waals surface area contributed by atoms with Crippen LogP contribution in [-0.4, -0.2) is 38.7 Å². The van der Waals surface area contributed by atoms with Crippen molar-refractivity contribution < 1.29 is 14.7 Å². The molecule has 3 rings (SSSR count). The summed E-state index contributed by atoms with van der Waals surface area (Å²) in [4.78, 5) is 25.3. The summed E-state index contributed by atoms with van der Waals surface area (Å²) in [5.41, 5.74) is 1.75. The highest BCUT2D eigenvalue weighted by atomic mass is 16.4. The van der Waals surface area contributed by atoms with Gasteiger partial charge in [0, 0.05) is 19.8 Å². The Bertz CT molecular complexity index is 730. The van der Waals surface area contributed by atoms with Crippen LogP contribution in [0.2, 0.25) is 0 Å². The normalized spacial score (nSPS) is 14.7. The first-order chi connectivity index (χ1) is 11.6. The molecule has 1 aliphatic rings. The Kier molecular flexibility index (Phi) is 4.64. The molecule has 0 bridgehead atoms. The number of benzene rings is 1. The molecule has 1 aromatic carbocycles. The van der Waals surface area contributed by atoms with Gasteiger partial charge in [-0.25, -0.2) is 4.79 Å². The van der Waals surface area contributed by atoms with E-state index < -0.39 is 5.97 Å². The van der Waals surface area contributed by atoms with E-state index in [-0.39, 0.29) is 11.5 Å². The number of carboxylic acids is 1. The molecular formula is C18H21N3O3. The molecular weight excluding hydrogens is 306 g/mol. The lowest BCUT2D eigenvalue weighted by Gasteiger charge is -2.20. The summed E-state index contributed by atoms with van der Waals surface area (Å²) in [6.45, 7) is 0.425. The largest absolute Gasteiger partial charge is 0.478 e. The van der Waals surface area contributed by atoms with Gasteiger partial charge in [0.25, 0.3) is 5.91 Å². The van der Waals surface area contributed by atoms with Crippen LogP contribution in [0.3, 0.4) is 0 Å². The molecule has 1 fully saturated rings. The topological polar surface area (TPSA) is 75.4 Å². The van der Waals surface area contributed by atoms with Crippen LogP contribution in [0.5, 0.6) is 0 Å². The summed E-state index contributed by atoms with van der Waals surface area (Å²) >= 11 is 0. The molecule has 6 heteroatoms. The first kappa shape index (κ1) is 16.2. The maximum absolute atomic E-state index is 12.7. The summed E-state index contributed by atoms with van der Waals surface area (Å²) in [7, 11) is 1.75. The molecule has 0 aliphatic heterocycles. The number of hydrogen-bond donors (Lipinski definition) is 1. The third-order valence-corrected chi connectivity index (χ3v) is 4.53. The van der Waals surface area contributed by atoms with Gasteiger partial charge in [0.15, 0.2) is 0 Å². The van der Waals surface area contributed by atoms with Crippen molar-refractivity contribution in [3.05, 3.63) is 53.3 Å². The molecule has 0 unspecified atom stereocenters. The maximum atomic E-state index is 12.7. The standard InChI is InChI=1S/C18H21N3O3/c1-20(12-13-6-8-14(9-7-13)18(23)24)17(22)16-10-11-19-21(16)15-4-2-3-5-15/h6-11,15H,2-5,12H2,1H3,(H,23,24). The molecule has 1 heterocycles. The smallest absolute Gasteiger partial charge is 0.335 e. The monoisotopic (exact) mass is 327 g/mol. The van der Waals surface area contributed by atoms with Crippen LogP contribution in [-0.2, 0) is 6.54 Å². The van der Waals surface area contributed by atoms with Crippen LogP contribution in [0.4, 0.5) is 0 Å². The summed E-state index contributed by atoms with van der Waals surface area (Å²) in [6, 6.07) is 8.67. The Balaban J connectivity index is 1.71. The highest BCUT2D eigenvalue weighted by molar-refractivity contribution is 5.92. The number of carbonyl (C=O) groups excluding carboxylic acids is 1. The highest BCUT2D eigenvalue weighted by Crippen LogP contribution is 2.30. The molecule has 2 aromatic rings. The van der Waals surface area contributed by atoms with Gasteiger partial charge in [0.05, 0.1) is 11.6 Å². The number of amides is 1. The van der Waals surface area contributed by atoms with Gasteiger partial charge in [-0.3, -0.25) is 9.48 Å². The van der Waals surface area contributed by atoms with Crippen LogP contribution in [0, 0.1) is 0 Å². The molecule has 0 spiro atoms. The second-order valence-corrected chi connectivity index (χ2v) is 6.26. The first-order valence-corrected chi connectivity index (χ1v) is 8.17. The van der Waals surface area contributed by atoms with E-state index in [1.165, 1.54) is 12.8 Å². The number of hydrogen-bond acceptors (Lipinski definition) is 3. The molecule has 0 saturated heterocycles. The van der Waals surface area contributed by atoms with Crippen LogP contribution >= 0.6 is 0 Å². The zero-order chi connectivity index (χ0) is 17.1. The molecule has 1 saturated carbocycles. The minimum Gasteiger partial charge on any atom is -0.478 e. The Morgan fingerprint density at radius 1 is 1.21 bits per heavy atom. The number of rotatable bonds is 5. The van der Waals surface area contributed by atoms with Crippen LogP contribution < -0.4 is 0 Å². The molecule has 0 radical (unpaired) electrons. The van der Waals surface area contributed by atoms with E-state index in [0.717, 1.165) is 18.4 Å². The number of aromatic carboxylic acids is 1. The van der Waals surface area contributed by atoms with E-state index in [1.807, 2.05) is 4.68 Å². The molecule has 24 heavy (non-hydrogen) atoms. The molecule has 6 nitrogen and oxygen atoms in total. The molecule has 1 N–H and O–H groups in total. The lowest BCUT2D eigenvalue weighted by molar-refractivity contribution is 0.0695. The molecule has 126 valence electrons. The van der Waals surface area contributed by atoms with Gasteiger partial charge in [-0.15, -0.1) is 0 Å². The minimum absolute atomic E-state index is 0.0679. The van der Waals surface area contributed by atoms with Crippen molar-refractivity contribution in [1.82, 2.24) is 14.7 Å². The van der Waals surface area contributed by atoms with Gasteiger partial charge in [-0.2, -0.15) is 5.10 Å². The van der Waals surface area contributed by atoms with Crippen molar-refractivity contribution in [2.24, 2.45) is 0 Å². The summed E-state index contributed by atoms with van der Waals surface area (Å²) in [6.07, 6.45) is 6.19. The van der Waals surface area contributed by atoms with Gasteiger partial charge in [-0.05, 0) is 36.6 Å². The fourth-order valence-electron chi connectivity index (χ4n) is 3.22. The van der Waals surface area contributed by atoms with Crippen LogP contribution in [0.1, 0.15) is 58.1 Å². The zero-order valence-corrected chi connectivity index (χ0v) is 13.7. The van der Waals surface area contributed by atoms with Crippen molar-refractivity contribution in [3.8, 4) is 0 Å². The summed E-state index contributed by atoms with van der Waals surface area (Å²) in [5, 5.41) is 13.3. The van der Waals surface area contributed by atoms with E-state index >= 15 is 0 Å². The number of carboxylic acid groups (broad SMARTS) is 1. The predicted octanol–water partition coefficient (Wildman–Crippen LogP) is 2.97. The van der Waals surface area contributed by atoms with Crippen LogP contribution in [0.25, 0.3) is 0 Å². The molecule has 1 aromatic heterocycles. The fraction of sp³-hybridized carbons (Fsp3) is 0.389. The fourth-order valence-corrected chi connectivity index (χ4v) is 3.22. The zero-order valence-electron chi connectivity index (χ0n) is 13.7. The van der Waals surface area contributed by atoms with Gasteiger partial charge < -0.3 is 10.0 Å². The van der Waals surface area contributed by atoms with E-state index in [2.05, 4.69) is 5.10 Å². The Labute approximate surface area is 140 Å². The third-order valence-electron chi connectivity index (χ3n) is 4.53. The van der Waals surface area contributed by atoms with Gasteiger partial charge in [0.1, 0.15) is 5.69 Å². The SMILES string of the molecule is CN(Cc1ccc(C(=O)O)cc1)C(=O)c1ccnn1C1CCCC1. The average Bonchev–Trinajstić information content (AvgIpc) is 3.25. The quantitative estimate of drug-likeness (QED) is 0.916. The highest BCUT2D eigenvalue weighted by Gasteiger charge is 2.24. The predicted molar refractivity (Wildman–Crippen MR) is 88.9 cm³/mol. The first-order valence-electron chi connectivity index (χ1n) is 8.17. The van der Waals surface area contributed by atoms with Crippen molar-refractivity contribution >= 4 is 11.9 Å². The number of carbonyl (C=O) groups is 2. The van der Waals surface area contributed by atoms with Crippen LogP contribution in [0.15, 0.2) is 36.5 Å². The Morgan fingerprint density at radius 3 is 2.50 bits per heavy atom. The Hall–Kier alpha value is -2.63. The van der Waals surface area contributed by atoms with Gasteiger partial charge >= 0.3 is 5.97 Å². The summed E-state index contributed by atoms with van der Waals surface area (Å²) < 4.78 is 1.86. The lowest BCUT2D eigenvalue weighted by atomic mass is 10.1. The average molecular weight is 327 g/mol. The molecule has 1 amide bonds. The Morgan fingerprint density at radius 2 is 1.88 bits per heavy atom. The molecule has 0 atom stereocenters. The van der Waals surface area contributed by atoms with E-state index in [0.29, 0.717) is 18.3 Å². The second kappa shape index (κ2) is 6.86. The summed E-state index contributed by atoms with van der Waals surface area (Å²) in [5.74, 6) is -1.02. The van der Waals surface area contributed by atoms with E-state index in [1.54, 1.807) is 48.5 Å².